The van der Waals surface area contributed by atoms with Crippen LogP contribution in [0.4, 0.5) is 0 Å². The monoisotopic (exact) mass is 694 g/mol. The van der Waals surface area contributed by atoms with Crippen LogP contribution in [0.25, 0.3) is 43.1 Å². The van der Waals surface area contributed by atoms with E-state index in [1.54, 1.807) is 0 Å². The van der Waals surface area contributed by atoms with Crippen molar-refractivity contribution < 1.29 is 0 Å². The Morgan fingerprint density at radius 2 is 0.540 bits per heavy atom. The molecule has 262 valence electrons. The Bertz CT molecular complexity index is 1920. The zero-order valence-corrected chi connectivity index (χ0v) is 36.1. The molecule has 0 heterocycles. The van der Waals surface area contributed by atoms with Crippen molar-refractivity contribution >= 4 is 59.2 Å². The smallest absolute Gasteiger partial charge is 0.125 e. The lowest BCUT2D eigenvalue weighted by Crippen LogP contribution is -2.43. The zero-order chi connectivity index (χ0) is 37.0. The summed E-state index contributed by atoms with van der Waals surface area (Å²) in [6.07, 6.45) is 0. The molecule has 0 aromatic heterocycles. The van der Waals surface area contributed by atoms with Crippen LogP contribution in [0.15, 0.2) is 48.5 Å². The third-order valence-corrected chi connectivity index (χ3v) is 25.4. The molecular weight excluding hydrogens is 633 g/mol. The molecule has 0 atom stereocenters. The maximum atomic E-state index is 4.15. The van der Waals surface area contributed by atoms with Gasteiger partial charge in [-0.05, 0) is 151 Å². The first-order chi connectivity index (χ1) is 23.4. The number of fused-ring (bicyclic) bond motifs is 4. The van der Waals surface area contributed by atoms with Gasteiger partial charge in [0.1, 0.15) is 16.1 Å². The molecule has 5 aromatic rings. The minimum absolute atomic E-state index is 0.566. The molecule has 0 unspecified atom stereocenters. The highest BCUT2D eigenvalue weighted by Crippen LogP contribution is 2.44. The van der Waals surface area contributed by atoms with Crippen LogP contribution in [0.3, 0.4) is 0 Å². The van der Waals surface area contributed by atoms with E-state index in [1.807, 2.05) is 0 Å². The van der Waals surface area contributed by atoms with Crippen molar-refractivity contribution in [1.82, 2.24) is 0 Å². The Balaban J connectivity index is 2.09. The third kappa shape index (κ3) is 6.27. The minimum Gasteiger partial charge on any atom is -0.125 e. The Labute approximate surface area is 306 Å². The molecule has 50 heavy (non-hydrogen) atoms. The maximum absolute atomic E-state index is 4.15. The molecule has 2 heteroatoms. The van der Waals surface area contributed by atoms with Gasteiger partial charge in [0.05, 0.1) is 0 Å². The van der Waals surface area contributed by atoms with Gasteiger partial charge in [0.2, 0.25) is 0 Å². The molecule has 0 N–H and O–H groups in total. The first-order valence-electron chi connectivity index (χ1n) is 19.3. The Morgan fingerprint density at radius 3 is 0.720 bits per heavy atom. The van der Waals surface area contributed by atoms with E-state index in [1.165, 1.54) is 76.5 Å². The molecule has 0 nitrogen and oxygen atoms in total. The van der Waals surface area contributed by atoms with E-state index in [0.29, 0.717) is 33.2 Å². The van der Waals surface area contributed by atoms with Crippen LogP contribution < -0.4 is 0 Å². The summed E-state index contributed by atoms with van der Waals surface area (Å²) in [6.45, 7) is 37.9. The predicted molar refractivity (Wildman–Crippen MR) is 231 cm³/mol. The standard InChI is InChI=1S/C48H62Si2/c1-29(2)49(30(3)4,31(5)6)19-17-43-45-25-39-21-35(13)37(15)23-41(39)27-47(45)44(18-20-50(32(7)8,33(9)10)34(11)12)48-28-42-24-38(16)36(14)22-40(42)26-46(43)48/h21-34H,1-16H3. The van der Waals surface area contributed by atoms with Crippen LogP contribution in [-0.2, 0) is 0 Å². The summed E-state index contributed by atoms with van der Waals surface area (Å²) < 4.78 is 0. The zero-order valence-electron chi connectivity index (χ0n) is 34.1. The number of aryl methyl sites for hydroxylation is 4. The first-order valence-corrected chi connectivity index (χ1v) is 23.7. The molecule has 0 aliphatic heterocycles. The van der Waals surface area contributed by atoms with E-state index in [9.17, 15) is 0 Å². The van der Waals surface area contributed by atoms with Gasteiger partial charge in [-0.25, -0.2) is 0 Å². The fraction of sp³-hybridized carbons (Fsp3) is 0.458. The van der Waals surface area contributed by atoms with Gasteiger partial charge in [0.25, 0.3) is 0 Å². The fourth-order valence-corrected chi connectivity index (χ4v) is 20.2. The number of hydrogen-bond donors (Lipinski definition) is 0. The van der Waals surface area contributed by atoms with E-state index in [2.05, 4.69) is 182 Å². The molecule has 0 radical (unpaired) electrons. The van der Waals surface area contributed by atoms with E-state index in [-0.39, 0.29) is 0 Å². The lowest BCUT2D eigenvalue weighted by molar-refractivity contribution is 0.838. The number of benzene rings is 5. The normalized spacial score (nSPS) is 12.8. The van der Waals surface area contributed by atoms with Crippen LogP contribution in [0.1, 0.15) is 116 Å². The van der Waals surface area contributed by atoms with Gasteiger partial charge in [-0.1, -0.05) is 119 Å². The molecule has 0 spiro atoms. The van der Waals surface area contributed by atoms with Crippen molar-refractivity contribution in [2.45, 2.75) is 144 Å². The fourth-order valence-electron chi connectivity index (χ4n) is 9.75. The molecule has 0 fully saturated rings. The molecule has 0 aliphatic carbocycles. The van der Waals surface area contributed by atoms with E-state index in [0.717, 1.165) is 0 Å². The molecule has 5 rings (SSSR count). The minimum atomic E-state index is -2.00. The summed E-state index contributed by atoms with van der Waals surface area (Å²) in [5, 5.41) is 10.1. The second-order valence-corrected chi connectivity index (χ2v) is 28.6. The summed E-state index contributed by atoms with van der Waals surface area (Å²) in [6, 6.07) is 19.2. The predicted octanol–water partition coefficient (Wildman–Crippen LogP) is 14.7. The first kappa shape index (κ1) is 37.9. The maximum Gasteiger partial charge on any atom is 0.146 e. The average Bonchev–Trinajstić information content (AvgIpc) is 3.01. The summed E-state index contributed by atoms with van der Waals surface area (Å²) in [4.78, 5) is 0. The topological polar surface area (TPSA) is 0 Å². The number of hydrogen-bond acceptors (Lipinski definition) is 0. The average molecular weight is 695 g/mol. The highest BCUT2D eigenvalue weighted by atomic mass is 28.3. The van der Waals surface area contributed by atoms with Crippen LogP contribution in [0, 0.1) is 50.6 Å². The molecule has 0 amide bonds. The second kappa shape index (κ2) is 14.0. The van der Waals surface area contributed by atoms with Gasteiger partial charge in [0, 0.05) is 11.1 Å². The summed E-state index contributed by atoms with van der Waals surface area (Å²) in [5.74, 6) is 8.05. The van der Waals surface area contributed by atoms with Crippen molar-refractivity contribution in [2.24, 2.45) is 0 Å². The second-order valence-electron chi connectivity index (χ2n) is 17.4. The van der Waals surface area contributed by atoms with Crippen LogP contribution in [0.2, 0.25) is 33.2 Å². The molecule has 0 saturated carbocycles. The van der Waals surface area contributed by atoms with Crippen molar-refractivity contribution in [3.63, 3.8) is 0 Å². The Hall–Kier alpha value is -3.31. The Kier molecular flexibility index (Phi) is 10.6. The van der Waals surface area contributed by atoms with E-state index >= 15 is 0 Å². The molecule has 0 saturated heterocycles. The summed E-state index contributed by atoms with van der Waals surface area (Å²) >= 11 is 0. The molecular formula is C48H62Si2. The Morgan fingerprint density at radius 1 is 0.340 bits per heavy atom. The van der Waals surface area contributed by atoms with Gasteiger partial charge in [0.15, 0.2) is 0 Å². The van der Waals surface area contributed by atoms with Gasteiger partial charge < -0.3 is 0 Å². The van der Waals surface area contributed by atoms with Gasteiger partial charge in [-0.2, -0.15) is 0 Å². The van der Waals surface area contributed by atoms with Crippen molar-refractivity contribution in [3.8, 4) is 22.9 Å². The summed E-state index contributed by atoms with van der Waals surface area (Å²) in [5.41, 5.74) is 19.4. The molecule has 0 bridgehead atoms. The van der Waals surface area contributed by atoms with Gasteiger partial charge >= 0.3 is 0 Å². The molecule has 0 aliphatic rings. The van der Waals surface area contributed by atoms with Crippen LogP contribution >= 0.6 is 0 Å². The quantitative estimate of drug-likeness (QED) is 0.0943. The van der Waals surface area contributed by atoms with E-state index < -0.39 is 16.1 Å². The van der Waals surface area contributed by atoms with Crippen molar-refractivity contribution in [2.75, 3.05) is 0 Å². The lowest BCUT2D eigenvalue weighted by Gasteiger charge is -2.38. The highest BCUT2D eigenvalue weighted by molar-refractivity contribution is 6.91. The van der Waals surface area contributed by atoms with Crippen molar-refractivity contribution in [3.05, 3.63) is 81.9 Å². The van der Waals surface area contributed by atoms with Gasteiger partial charge in [-0.3, -0.25) is 0 Å². The lowest BCUT2D eigenvalue weighted by atomic mass is 9.88. The largest absolute Gasteiger partial charge is 0.146 e. The summed E-state index contributed by atoms with van der Waals surface area (Å²) in [7, 11) is -4.00. The van der Waals surface area contributed by atoms with Gasteiger partial charge in [-0.15, -0.1) is 11.1 Å². The van der Waals surface area contributed by atoms with Crippen molar-refractivity contribution in [1.29, 1.82) is 0 Å². The third-order valence-electron chi connectivity index (χ3n) is 12.8. The van der Waals surface area contributed by atoms with Crippen LogP contribution in [0.5, 0.6) is 0 Å². The SMILES string of the molecule is Cc1cc2cc3c(C#C[Si](C(C)C)(C(C)C)C(C)C)c4cc5cc(C)c(C)cc5cc4c(C#C[Si](C(C)C)(C(C)C)C(C)C)c3cc2cc1C. The van der Waals surface area contributed by atoms with Crippen LogP contribution in [-0.4, -0.2) is 16.1 Å². The number of rotatable bonds is 6. The van der Waals surface area contributed by atoms with E-state index in [4.69, 9.17) is 0 Å². The highest BCUT2D eigenvalue weighted by Gasteiger charge is 2.43. The molecule has 5 aromatic carbocycles.